The second-order valence-corrected chi connectivity index (χ2v) is 8.51. The first-order valence-corrected chi connectivity index (χ1v) is 10.9. The van der Waals surface area contributed by atoms with Gasteiger partial charge in [0.05, 0.1) is 6.61 Å². The minimum absolute atomic E-state index is 0.0915. The van der Waals surface area contributed by atoms with Crippen LogP contribution in [0.2, 0.25) is 0 Å². The fourth-order valence-corrected chi connectivity index (χ4v) is 4.25. The Morgan fingerprint density at radius 1 is 1.09 bits per heavy atom. The number of aromatic carboxylic acids is 1. The normalized spacial score (nSPS) is 13.9. The Labute approximate surface area is 201 Å². The van der Waals surface area contributed by atoms with Gasteiger partial charge in [-0.2, -0.15) is 5.10 Å². The standard InChI is InChI=1S/C25H26N4O6/c1-25(14-34-3,23(32)26-21-12-20(22(30)31)28-29(21)2)27-24(33)35-13-19-17-10-6-4-8-15(17)16-9-5-7-11-18(16)19/h4-12,19H,13-14H2,1-3H3,(H,26,32)(H,27,33)(H,30,31). The molecule has 0 aliphatic heterocycles. The number of hydrogen-bond acceptors (Lipinski definition) is 6. The molecule has 1 aromatic heterocycles. The van der Waals surface area contributed by atoms with Crippen molar-refractivity contribution >= 4 is 23.8 Å². The summed E-state index contributed by atoms with van der Waals surface area (Å²) in [4.78, 5) is 36.9. The molecule has 0 bridgehead atoms. The Bertz CT molecular complexity index is 1240. The molecule has 1 aliphatic rings. The Morgan fingerprint density at radius 3 is 2.23 bits per heavy atom. The van der Waals surface area contributed by atoms with Gasteiger partial charge in [-0.1, -0.05) is 48.5 Å². The van der Waals surface area contributed by atoms with Crippen molar-refractivity contribution in [3.05, 3.63) is 71.4 Å². The SMILES string of the molecule is COCC(C)(NC(=O)OCC1c2ccccc2-c2ccccc21)C(=O)Nc1cc(C(=O)O)nn1C. The molecule has 10 nitrogen and oxygen atoms in total. The van der Waals surface area contributed by atoms with Gasteiger partial charge >= 0.3 is 12.1 Å². The van der Waals surface area contributed by atoms with Crippen LogP contribution in [-0.2, 0) is 21.3 Å². The molecule has 1 heterocycles. The van der Waals surface area contributed by atoms with Crippen LogP contribution < -0.4 is 10.6 Å². The molecule has 2 aromatic carbocycles. The first-order chi connectivity index (χ1) is 16.7. The predicted molar refractivity (Wildman–Crippen MR) is 127 cm³/mol. The number of rotatable bonds is 8. The van der Waals surface area contributed by atoms with Crippen molar-refractivity contribution in [1.82, 2.24) is 15.1 Å². The van der Waals surface area contributed by atoms with Crippen LogP contribution in [0.15, 0.2) is 54.6 Å². The van der Waals surface area contributed by atoms with E-state index in [9.17, 15) is 14.4 Å². The molecule has 0 fully saturated rings. The van der Waals surface area contributed by atoms with E-state index in [-0.39, 0.29) is 30.6 Å². The average molecular weight is 479 g/mol. The van der Waals surface area contributed by atoms with Crippen molar-refractivity contribution < 1.29 is 29.0 Å². The van der Waals surface area contributed by atoms with Crippen molar-refractivity contribution in [2.45, 2.75) is 18.4 Å². The number of aryl methyl sites for hydroxylation is 1. The van der Waals surface area contributed by atoms with Gasteiger partial charge in [0.1, 0.15) is 18.0 Å². The summed E-state index contributed by atoms with van der Waals surface area (Å²) in [6.07, 6.45) is -0.780. The maximum absolute atomic E-state index is 13.0. The molecule has 1 atom stereocenters. The topological polar surface area (TPSA) is 132 Å². The summed E-state index contributed by atoms with van der Waals surface area (Å²) in [7, 11) is 2.90. The van der Waals surface area contributed by atoms with Gasteiger partial charge in [-0.15, -0.1) is 0 Å². The molecule has 0 saturated heterocycles. The van der Waals surface area contributed by atoms with E-state index in [1.54, 1.807) is 0 Å². The number of anilines is 1. The largest absolute Gasteiger partial charge is 0.476 e. The molecule has 0 saturated carbocycles. The zero-order chi connectivity index (χ0) is 25.2. The lowest BCUT2D eigenvalue weighted by atomic mass is 9.98. The van der Waals surface area contributed by atoms with Crippen LogP contribution >= 0.6 is 0 Å². The predicted octanol–water partition coefficient (Wildman–Crippen LogP) is 3.00. The maximum Gasteiger partial charge on any atom is 0.408 e. The number of alkyl carbamates (subject to hydrolysis) is 1. The summed E-state index contributed by atoms with van der Waals surface area (Å²) < 4.78 is 11.9. The number of nitrogens with one attached hydrogen (secondary N) is 2. The van der Waals surface area contributed by atoms with E-state index >= 15 is 0 Å². The molecular weight excluding hydrogens is 452 g/mol. The van der Waals surface area contributed by atoms with E-state index in [4.69, 9.17) is 14.6 Å². The van der Waals surface area contributed by atoms with Crippen molar-refractivity contribution in [1.29, 1.82) is 0 Å². The van der Waals surface area contributed by atoms with Crippen LogP contribution in [0.3, 0.4) is 0 Å². The maximum atomic E-state index is 13.0. The summed E-state index contributed by atoms with van der Waals surface area (Å²) >= 11 is 0. The molecule has 4 rings (SSSR count). The molecule has 2 amide bonds. The van der Waals surface area contributed by atoms with Crippen molar-refractivity contribution in [2.24, 2.45) is 7.05 Å². The third kappa shape index (κ3) is 4.73. The van der Waals surface area contributed by atoms with Crippen LogP contribution in [0.1, 0.15) is 34.5 Å². The summed E-state index contributed by atoms with van der Waals surface area (Å²) in [6, 6.07) is 17.2. The highest BCUT2D eigenvalue weighted by Gasteiger charge is 2.37. The number of fused-ring (bicyclic) bond motifs is 3. The third-order valence-electron chi connectivity index (χ3n) is 6.00. The summed E-state index contributed by atoms with van der Waals surface area (Å²) in [5.41, 5.74) is 2.65. The number of hydrogen-bond donors (Lipinski definition) is 3. The van der Waals surface area contributed by atoms with Crippen LogP contribution in [0, 0.1) is 0 Å². The number of nitrogens with zero attached hydrogens (tertiary/aromatic N) is 2. The van der Waals surface area contributed by atoms with Gasteiger partial charge in [0.15, 0.2) is 5.69 Å². The lowest BCUT2D eigenvalue weighted by Crippen LogP contribution is -2.57. The first kappa shape index (κ1) is 24.0. The van der Waals surface area contributed by atoms with Gasteiger partial charge in [0.2, 0.25) is 0 Å². The number of carboxylic acid groups (broad SMARTS) is 1. The Balaban J connectivity index is 1.45. The van der Waals surface area contributed by atoms with Crippen molar-refractivity contribution in [3.8, 4) is 11.1 Å². The van der Waals surface area contributed by atoms with Gasteiger partial charge < -0.3 is 25.2 Å². The fraction of sp³-hybridized carbons (Fsp3) is 0.280. The van der Waals surface area contributed by atoms with Gasteiger partial charge in [0, 0.05) is 26.1 Å². The second kappa shape index (κ2) is 9.59. The van der Waals surface area contributed by atoms with E-state index < -0.39 is 23.5 Å². The molecule has 1 aliphatic carbocycles. The molecule has 0 radical (unpaired) electrons. The Hall–Kier alpha value is -4.18. The Morgan fingerprint density at radius 2 is 1.69 bits per heavy atom. The number of aromatic nitrogens is 2. The highest BCUT2D eigenvalue weighted by Crippen LogP contribution is 2.44. The average Bonchev–Trinajstić information content (AvgIpc) is 3.35. The second-order valence-electron chi connectivity index (χ2n) is 8.51. The van der Waals surface area contributed by atoms with Crippen LogP contribution in [0.4, 0.5) is 10.6 Å². The molecule has 182 valence electrons. The molecule has 3 aromatic rings. The van der Waals surface area contributed by atoms with Crippen LogP contribution in [0.5, 0.6) is 0 Å². The van der Waals surface area contributed by atoms with Gasteiger partial charge in [-0.05, 0) is 29.2 Å². The fourth-order valence-electron chi connectivity index (χ4n) is 4.25. The quantitative estimate of drug-likeness (QED) is 0.453. The lowest BCUT2D eigenvalue weighted by Gasteiger charge is -2.28. The van der Waals surface area contributed by atoms with Crippen LogP contribution in [0.25, 0.3) is 11.1 Å². The number of methoxy groups -OCH3 is 1. The molecule has 0 spiro atoms. The highest BCUT2D eigenvalue weighted by atomic mass is 16.5. The number of carboxylic acids is 1. The summed E-state index contributed by atoms with van der Waals surface area (Å²) in [6.45, 7) is 1.43. The zero-order valence-corrected chi connectivity index (χ0v) is 19.6. The summed E-state index contributed by atoms with van der Waals surface area (Å²) in [5.74, 6) is -1.81. The first-order valence-electron chi connectivity index (χ1n) is 10.9. The van der Waals surface area contributed by atoms with E-state index in [0.29, 0.717) is 0 Å². The lowest BCUT2D eigenvalue weighted by molar-refractivity contribution is -0.123. The number of benzene rings is 2. The molecular formula is C25H26N4O6. The molecule has 35 heavy (non-hydrogen) atoms. The van der Waals surface area contributed by atoms with Crippen LogP contribution in [-0.4, -0.2) is 58.7 Å². The van der Waals surface area contributed by atoms with Gasteiger partial charge in [-0.3, -0.25) is 9.48 Å². The van der Waals surface area contributed by atoms with Crippen molar-refractivity contribution in [3.63, 3.8) is 0 Å². The number of amides is 2. The number of ether oxygens (including phenoxy) is 2. The molecule has 1 unspecified atom stereocenters. The minimum atomic E-state index is -1.50. The number of carbonyl (C=O) groups is 3. The van der Waals surface area contributed by atoms with E-state index in [2.05, 4.69) is 15.7 Å². The van der Waals surface area contributed by atoms with Gasteiger partial charge in [0.25, 0.3) is 5.91 Å². The molecule has 3 N–H and O–H groups in total. The zero-order valence-electron chi connectivity index (χ0n) is 19.6. The molecule has 10 heteroatoms. The van der Waals surface area contributed by atoms with Gasteiger partial charge in [-0.25, -0.2) is 9.59 Å². The minimum Gasteiger partial charge on any atom is -0.476 e. The van der Waals surface area contributed by atoms with E-state index in [1.807, 2.05) is 48.5 Å². The van der Waals surface area contributed by atoms with E-state index in [0.717, 1.165) is 22.3 Å². The monoisotopic (exact) mass is 478 g/mol. The smallest absolute Gasteiger partial charge is 0.408 e. The highest BCUT2D eigenvalue weighted by molar-refractivity contribution is 6.00. The number of carbonyl (C=O) groups excluding carboxylic acids is 2. The third-order valence-corrected chi connectivity index (χ3v) is 6.00. The summed E-state index contributed by atoms with van der Waals surface area (Å²) in [5, 5.41) is 18.1. The Kier molecular flexibility index (Phi) is 6.57. The van der Waals surface area contributed by atoms with Crippen molar-refractivity contribution in [2.75, 3.05) is 25.6 Å². The van der Waals surface area contributed by atoms with E-state index in [1.165, 1.54) is 31.8 Å².